The number of aliphatic hydroxyl groups excluding tert-OH is 2. The van der Waals surface area contributed by atoms with E-state index >= 15 is 0 Å². The highest BCUT2D eigenvalue weighted by molar-refractivity contribution is 7.98. The number of aliphatic hydroxyl groups is 2. The summed E-state index contributed by atoms with van der Waals surface area (Å²) in [6.45, 7) is 2.39. The van der Waals surface area contributed by atoms with Crippen molar-refractivity contribution < 1.29 is 10.2 Å². The molecule has 4 rings (SSSR count). The van der Waals surface area contributed by atoms with Gasteiger partial charge in [-0.1, -0.05) is 97.1 Å². The Hall–Kier alpha value is -2.29. The Labute approximate surface area is 274 Å². The highest BCUT2D eigenvalue weighted by Crippen LogP contribution is 2.23. The lowest BCUT2D eigenvalue weighted by Crippen LogP contribution is -2.10. The van der Waals surface area contributed by atoms with Crippen molar-refractivity contribution in [2.24, 2.45) is 0 Å². The molecule has 0 aliphatic heterocycles. The SMILES string of the molecule is CN(C)Cc1ccc(-c2ccc(CCl)cc2)cc1.CN(C)Cc1ccc(-c2ccc(CSCCO)cc2)cc1.OCCS. The van der Waals surface area contributed by atoms with Gasteiger partial charge in [0.15, 0.2) is 0 Å². The van der Waals surface area contributed by atoms with E-state index in [1.807, 2.05) is 0 Å². The number of thioether (sulfide) groups is 1. The molecule has 4 aromatic carbocycles. The van der Waals surface area contributed by atoms with Crippen LogP contribution in [-0.4, -0.2) is 72.9 Å². The Bertz CT molecular complexity index is 1260. The maximum absolute atomic E-state index is 8.79. The monoisotopic (exact) mass is 638 g/mol. The molecule has 43 heavy (non-hydrogen) atoms. The second kappa shape index (κ2) is 21.4. The molecule has 0 bridgehead atoms. The van der Waals surface area contributed by atoms with E-state index in [9.17, 15) is 0 Å². The van der Waals surface area contributed by atoms with Gasteiger partial charge in [-0.05, 0) is 72.7 Å². The lowest BCUT2D eigenvalue weighted by atomic mass is 10.0. The molecule has 4 nitrogen and oxygen atoms in total. The Balaban J connectivity index is 0.000000269. The van der Waals surface area contributed by atoms with Gasteiger partial charge in [0.05, 0.1) is 13.2 Å². The molecule has 0 fully saturated rings. The fourth-order valence-electron chi connectivity index (χ4n) is 4.17. The molecule has 0 atom stereocenters. The number of halogens is 1. The summed E-state index contributed by atoms with van der Waals surface area (Å²) in [4.78, 5) is 4.35. The van der Waals surface area contributed by atoms with Crippen molar-refractivity contribution >= 4 is 36.0 Å². The van der Waals surface area contributed by atoms with Gasteiger partial charge in [0, 0.05) is 36.2 Å². The molecule has 0 heterocycles. The molecule has 0 aliphatic carbocycles. The van der Waals surface area contributed by atoms with Crippen molar-refractivity contribution in [3.05, 3.63) is 119 Å². The summed E-state index contributed by atoms with van der Waals surface area (Å²) in [5.74, 6) is 2.90. The molecule has 0 spiro atoms. The zero-order valence-corrected chi connectivity index (χ0v) is 28.4. The Morgan fingerprint density at radius 2 is 0.884 bits per heavy atom. The van der Waals surface area contributed by atoms with E-state index in [0.717, 1.165) is 30.2 Å². The molecule has 7 heteroatoms. The third-order valence-electron chi connectivity index (χ3n) is 6.24. The molecule has 0 saturated heterocycles. The highest BCUT2D eigenvalue weighted by Gasteiger charge is 2.01. The molecule has 232 valence electrons. The van der Waals surface area contributed by atoms with Crippen LogP contribution in [0.25, 0.3) is 22.3 Å². The summed E-state index contributed by atoms with van der Waals surface area (Å²) in [6, 6.07) is 34.6. The number of hydrogen-bond donors (Lipinski definition) is 3. The molecule has 0 aromatic heterocycles. The normalized spacial score (nSPS) is 10.7. The van der Waals surface area contributed by atoms with Crippen LogP contribution < -0.4 is 0 Å². The maximum Gasteiger partial charge on any atom is 0.0521 e. The van der Waals surface area contributed by atoms with Crippen LogP contribution in [0.2, 0.25) is 0 Å². The van der Waals surface area contributed by atoms with Crippen LogP contribution in [0, 0.1) is 0 Å². The zero-order valence-electron chi connectivity index (χ0n) is 25.9. The Morgan fingerprint density at radius 1 is 0.558 bits per heavy atom. The van der Waals surface area contributed by atoms with E-state index in [1.54, 1.807) is 11.8 Å². The molecule has 0 radical (unpaired) electrons. The fraction of sp³-hybridized carbons (Fsp3) is 0.333. The van der Waals surface area contributed by atoms with E-state index in [2.05, 4.69) is 148 Å². The average molecular weight is 639 g/mol. The lowest BCUT2D eigenvalue weighted by molar-refractivity contribution is 0.322. The number of hydrogen-bond acceptors (Lipinski definition) is 6. The van der Waals surface area contributed by atoms with Gasteiger partial charge >= 0.3 is 0 Å². The van der Waals surface area contributed by atoms with Gasteiger partial charge in [0.25, 0.3) is 0 Å². The van der Waals surface area contributed by atoms with Crippen molar-refractivity contribution in [2.75, 3.05) is 52.9 Å². The highest BCUT2D eigenvalue weighted by atomic mass is 35.5. The summed E-state index contributed by atoms with van der Waals surface area (Å²) >= 11 is 11.2. The van der Waals surface area contributed by atoms with Crippen molar-refractivity contribution in [2.45, 2.75) is 24.7 Å². The second-order valence-electron chi connectivity index (χ2n) is 10.6. The predicted molar refractivity (Wildman–Crippen MR) is 192 cm³/mol. The number of thiol groups is 1. The maximum atomic E-state index is 8.79. The minimum Gasteiger partial charge on any atom is -0.396 e. The molecular weight excluding hydrogens is 592 g/mol. The van der Waals surface area contributed by atoms with E-state index in [1.165, 1.54) is 38.9 Å². The van der Waals surface area contributed by atoms with Crippen molar-refractivity contribution in [1.29, 1.82) is 0 Å². The van der Waals surface area contributed by atoms with Crippen LogP contribution in [0.3, 0.4) is 0 Å². The number of rotatable bonds is 12. The number of nitrogens with zero attached hydrogens (tertiary/aromatic N) is 2. The minimum absolute atomic E-state index is 0.184. The van der Waals surface area contributed by atoms with Gasteiger partial charge in [-0.15, -0.1) is 11.6 Å². The van der Waals surface area contributed by atoms with Crippen LogP contribution in [0.4, 0.5) is 0 Å². The zero-order chi connectivity index (χ0) is 31.5. The van der Waals surface area contributed by atoms with E-state index in [4.69, 9.17) is 21.8 Å². The van der Waals surface area contributed by atoms with Gasteiger partial charge < -0.3 is 20.0 Å². The van der Waals surface area contributed by atoms with E-state index in [0.29, 0.717) is 11.6 Å². The smallest absolute Gasteiger partial charge is 0.0521 e. The lowest BCUT2D eigenvalue weighted by Gasteiger charge is -2.10. The van der Waals surface area contributed by atoms with Gasteiger partial charge in [-0.25, -0.2) is 0 Å². The first-order valence-electron chi connectivity index (χ1n) is 14.4. The minimum atomic E-state index is 0.184. The Morgan fingerprint density at radius 3 is 1.16 bits per heavy atom. The Kier molecular flexibility index (Phi) is 18.4. The van der Waals surface area contributed by atoms with Crippen LogP contribution in [0.5, 0.6) is 0 Å². The van der Waals surface area contributed by atoms with Gasteiger partial charge in [0.1, 0.15) is 0 Å². The molecular formula is C36H47ClN2O2S2. The molecule has 4 aromatic rings. The first-order chi connectivity index (χ1) is 20.8. The van der Waals surface area contributed by atoms with Crippen LogP contribution >= 0.6 is 36.0 Å². The van der Waals surface area contributed by atoms with Crippen LogP contribution in [0.15, 0.2) is 97.1 Å². The van der Waals surface area contributed by atoms with Crippen LogP contribution in [-0.2, 0) is 24.7 Å². The molecule has 0 unspecified atom stereocenters. The molecule has 0 aliphatic rings. The summed E-state index contributed by atoms with van der Waals surface area (Å²) in [6.07, 6.45) is 0. The second-order valence-corrected chi connectivity index (χ2v) is 12.4. The number of benzene rings is 4. The molecule has 0 saturated carbocycles. The standard InChI is InChI=1S/C18H23NOS.C16H18ClN.C2H6OS/c1-19(2)13-15-3-7-17(8-4-15)18-9-5-16(6-10-18)14-21-12-11-20;1-18(2)12-14-5-9-16(10-6-14)15-7-3-13(11-17)4-8-15;3-1-2-4/h3-10,20H,11-14H2,1-2H3;3-10H,11-12H2,1-2H3;3-4H,1-2H2. The van der Waals surface area contributed by atoms with Gasteiger partial charge in [0.2, 0.25) is 0 Å². The topological polar surface area (TPSA) is 46.9 Å². The van der Waals surface area contributed by atoms with E-state index < -0.39 is 0 Å². The van der Waals surface area contributed by atoms with Crippen LogP contribution in [0.1, 0.15) is 22.3 Å². The largest absolute Gasteiger partial charge is 0.396 e. The fourth-order valence-corrected chi connectivity index (χ4v) is 5.05. The van der Waals surface area contributed by atoms with Crippen molar-refractivity contribution in [3.63, 3.8) is 0 Å². The van der Waals surface area contributed by atoms with Crippen molar-refractivity contribution in [3.8, 4) is 22.3 Å². The third kappa shape index (κ3) is 14.8. The predicted octanol–water partition coefficient (Wildman–Crippen LogP) is 7.70. The van der Waals surface area contributed by atoms with Gasteiger partial charge in [-0.3, -0.25) is 0 Å². The summed E-state index contributed by atoms with van der Waals surface area (Å²) < 4.78 is 0. The quantitative estimate of drug-likeness (QED) is 0.0843. The molecule has 2 N–H and O–H groups in total. The average Bonchev–Trinajstić information content (AvgIpc) is 3.02. The first kappa shape index (κ1) is 36.9. The van der Waals surface area contributed by atoms with Gasteiger partial charge in [-0.2, -0.15) is 24.4 Å². The number of alkyl halides is 1. The summed E-state index contributed by atoms with van der Waals surface area (Å²) in [5, 5.41) is 16.6. The summed E-state index contributed by atoms with van der Waals surface area (Å²) in [5.41, 5.74) is 10.1. The van der Waals surface area contributed by atoms with Crippen molar-refractivity contribution in [1.82, 2.24) is 9.80 Å². The summed E-state index contributed by atoms with van der Waals surface area (Å²) in [7, 11) is 8.33. The van der Waals surface area contributed by atoms with E-state index in [-0.39, 0.29) is 13.2 Å². The molecule has 0 amide bonds. The first-order valence-corrected chi connectivity index (χ1v) is 16.7. The third-order valence-corrected chi connectivity index (χ3v) is 7.76.